The van der Waals surface area contributed by atoms with Gasteiger partial charge in [-0.05, 0) is 43.2 Å². The van der Waals surface area contributed by atoms with Crippen molar-refractivity contribution in [2.45, 2.75) is 19.4 Å². The third-order valence-electron chi connectivity index (χ3n) is 2.74. The van der Waals surface area contributed by atoms with E-state index in [0.717, 1.165) is 15.9 Å². The summed E-state index contributed by atoms with van der Waals surface area (Å²) in [7, 11) is 0. The van der Waals surface area contributed by atoms with Crippen molar-refractivity contribution in [3.8, 4) is 0 Å². The molecular weight excluding hydrogens is 295 g/mol. The van der Waals surface area contributed by atoms with Gasteiger partial charge in [0.05, 0.1) is 11.7 Å². The molecule has 2 N–H and O–H groups in total. The van der Waals surface area contributed by atoms with Crippen LogP contribution in [0, 0.1) is 12.7 Å². The van der Waals surface area contributed by atoms with Crippen LogP contribution in [0.5, 0.6) is 0 Å². The minimum atomic E-state index is -0.291. The Labute approximate surface area is 114 Å². The van der Waals surface area contributed by atoms with E-state index in [1.165, 1.54) is 6.07 Å². The van der Waals surface area contributed by atoms with E-state index >= 15 is 0 Å². The second-order valence-electron chi connectivity index (χ2n) is 4.25. The summed E-state index contributed by atoms with van der Waals surface area (Å²) in [6.07, 6.45) is 0.440. The minimum absolute atomic E-state index is 0.243. The molecule has 1 unspecified atom stereocenters. The number of benzene rings is 1. The summed E-state index contributed by atoms with van der Waals surface area (Å²) in [6.45, 7) is 1.91. The van der Waals surface area contributed by atoms with E-state index in [1.807, 2.05) is 31.2 Å². The summed E-state index contributed by atoms with van der Waals surface area (Å²) in [5.41, 5.74) is 8.37. The number of hydrogen-bond donors (Lipinski definition) is 1. The average molecular weight is 309 g/mol. The molecule has 0 saturated heterocycles. The zero-order valence-corrected chi connectivity index (χ0v) is 11.6. The van der Waals surface area contributed by atoms with Gasteiger partial charge in [0.15, 0.2) is 0 Å². The second-order valence-corrected chi connectivity index (χ2v) is 5.17. The molecule has 0 aliphatic rings. The van der Waals surface area contributed by atoms with Crippen LogP contribution in [0.1, 0.15) is 23.0 Å². The molecule has 0 bridgehead atoms. The van der Waals surface area contributed by atoms with E-state index in [9.17, 15) is 4.39 Å². The van der Waals surface area contributed by atoms with Gasteiger partial charge in [-0.3, -0.25) is 4.98 Å². The van der Waals surface area contributed by atoms with Crippen LogP contribution in [0.4, 0.5) is 4.39 Å². The van der Waals surface area contributed by atoms with Gasteiger partial charge in [-0.25, -0.2) is 4.39 Å². The lowest BCUT2D eigenvalue weighted by Crippen LogP contribution is -2.16. The van der Waals surface area contributed by atoms with E-state index in [1.54, 1.807) is 6.07 Å². The summed E-state index contributed by atoms with van der Waals surface area (Å²) >= 11 is 3.23. The number of nitrogens with zero attached hydrogens (tertiary/aromatic N) is 1. The van der Waals surface area contributed by atoms with Crippen LogP contribution in [0.2, 0.25) is 0 Å². The number of pyridine rings is 1. The van der Waals surface area contributed by atoms with Crippen molar-refractivity contribution in [1.29, 1.82) is 0 Å². The highest BCUT2D eigenvalue weighted by Gasteiger charge is 2.11. The number of halogens is 2. The van der Waals surface area contributed by atoms with Gasteiger partial charge in [0.25, 0.3) is 0 Å². The molecule has 0 aliphatic heterocycles. The molecule has 1 aromatic heterocycles. The lowest BCUT2D eigenvalue weighted by atomic mass is 10.0. The van der Waals surface area contributed by atoms with E-state index in [0.29, 0.717) is 12.0 Å². The van der Waals surface area contributed by atoms with Crippen molar-refractivity contribution in [3.63, 3.8) is 0 Å². The number of rotatable bonds is 3. The van der Waals surface area contributed by atoms with Crippen LogP contribution in [0.3, 0.4) is 0 Å². The fourth-order valence-electron chi connectivity index (χ4n) is 1.80. The molecule has 0 spiro atoms. The third kappa shape index (κ3) is 3.15. The maximum Gasteiger partial charge on any atom is 0.127 e. The van der Waals surface area contributed by atoms with Gasteiger partial charge in [-0.15, -0.1) is 0 Å². The topological polar surface area (TPSA) is 38.9 Å². The Morgan fingerprint density at radius 3 is 2.78 bits per heavy atom. The molecule has 94 valence electrons. The Morgan fingerprint density at radius 1 is 1.33 bits per heavy atom. The number of aromatic nitrogens is 1. The molecule has 18 heavy (non-hydrogen) atoms. The average Bonchev–Trinajstić information content (AvgIpc) is 2.32. The third-order valence-corrected chi connectivity index (χ3v) is 3.24. The molecule has 1 aromatic carbocycles. The number of hydrogen-bond acceptors (Lipinski definition) is 2. The lowest BCUT2D eigenvalue weighted by molar-refractivity contribution is 0.589. The van der Waals surface area contributed by atoms with E-state index in [2.05, 4.69) is 20.9 Å². The normalized spacial score (nSPS) is 12.4. The predicted octanol–water partition coefficient (Wildman–Crippen LogP) is 3.53. The fraction of sp³-hybridized carbons (Fsp3) is 0.214. The van der Waals surface area contributed by atoms with Crippen molar-refractivity contribution in [2.75, 3.05) is 0 Å². The van der Waals surface area contributed by atoms with Crippen LogP contribution in [-0.2, 0) is 6.42 Å². The van der Waals surface area contributed by atoms with Crippen molar-refractivity contribution in [3.05, 3.63) is 63.6 Å². The maximum atomic E-state index is 13.7. The van der Waals surface area contributed by atoms with Crippen molar-refractivity contribution in [1.82, 2.24) is 4.98 Å². The lowest BCUT2D eigenvalue weighted by Gasteiger charge is -2.12. The van der Waals surface area contributed by atoms with Crippen LogP contribution in [0.15, 0.2) is 40.9 Å². The van der Waals surface area contributed by atoms with Gasteiger partial charge in [-0.1, -0.05) is 28.1 Å². The zero-order chi connectivity index (χ0) is 13.1. The first-order valence-electron chi connectivity index (χ1n) is 5.69. The standard InChI is InChI=1S/C14H14BrFN2/c1-9-3-2-4-14(18-9)13(17)7-10-5-6-11(15)8-12(10)16/h2-6,8,13H,7,17H2,1H3. The largest absolute Gasteiger partial charge is 0.322 e. The minimum Gasteiger partial charge on any atom is -0.322 e. The summed E-state index contributed by atoms with van der Waals surface area (Å²) in [5.74, 6) is -0.243. The van der Waals surface area contributed by atoms with Crippen LogP contribution in [-0.4, -0.2) is 4.98 Å². The molecule has 2 nitrogen and oxygen atoms in total. The van der Waals surface area contributed by atoms with Gasteiger partial charge in [0, 0.05) is 10.2 Å². The molecule has 0 aliphatic carbocycles. The molecular formula is C14H14BrFN2. The predicted molar refractivity (Wildman–Crippen MR) is 73.7 cm³/mol. The highest BCUT2D eigenvalue weighted by Crippen LogP contribution is 2.20. The zero-order valence-electron chi connectivity index (χ0n) is 10.0. The molecule has 4 heteroatoms. The second kappa shape index (κ2) is 5.59. The van der Waals surface area contributed by atoms with Crippen molar-refractivity contribution in [2.24, 2.45) is 5.73 Å². The fourth-order valence-corrected chi connectivity index (χ4v) is 2.13. The first-order chi connectivity index (χ1) is 8.56. The van der Waals surface area contributed by atoms with Gasteiger partial charge in [0.2, 0.25) is 0 Å². The van der Waals surface area contributed by atoms with Crippen LogP contribution < -0.4 is 5.73 Å². The van der Waals surface area contributed by atoms with E-state index in [4.69, 9.17) is 5.73 Å². The van der Waals surface area contributed by atoms with Crippen molar-refractivity contribution < 1.29 is 4.39 Å². The monoisotopic (exact) mass is 308 g/mol. The number of nitrogens with two attached hydrogens (primary N) is 1. The maximum absolute atomic E-state index is 13.7. The molecule has 0 fully saturated rings. The van der Waals surface area contributed by atoms with Crippen LogP contribution in [0.25, 0.3) is 0 Å². The smallest absolute Gasteiger partial charge is 0.127 e. The summed E-state index contributed by atoms with van der Waals surface area (Å²) in [5, 5.41) is 0. The van der Waals surface area contributed by atoms with Crippen LogP contribution >= 0.6 is 15.9 Å². The van der Waals surface area contributed by atoms with E-state index in [-0.39, 0.29) is 11.9 Å². The molecule has 1 atom stereocenters. The summed E-state index contributed by atoms with van der Waals surface area (Å²) < 4.78 is 14.4. The Morgan fingerprint density at radius 2 is 2.11 bits per heavy atom. The quantitative estimate of drug-likeness (QED) is 0.942. The molecule has 1 heterocycles. The molecule has 2 aromatic rings. The Balaban J connectivity index is 2.18. The van der Waals surface area contributed by atoms with Crippen molar-refractivity contribution >= 4 is 15.9 Å². The summed E-state index contributed by atoms with van der Waals surface area (Å²) in [6, 6.07) is 10.4. The Hall–Kier alpha value is -1.26. The van der Waals surface area contributed by atoms with Gasteiger partial charge >= 0.3 is 0 Å². The highest BCUT2D eigenvalue weighted by molar-refractivity contribution is 9.10. The van der Waals surface area contributed by atoms with Gasteiger partial charge in [-0.2, -0.15) is 0 Å². The number of aryl methyl sites for hydroxylation is 1. The van der Waals surface area contributed by atoms with Gasteiger partial charge in [0.1, 0.15) is 5.82 Å². The Bertz CT molecular complexity index is 557. The molecule has 0 amide bonds. The first-order valence-corrected chi connectivity index (χ1v) is 6.48. The van der Waals surface area contributed by atoms with E-state index < -0.39 is 0 Å². The molecule has 0 radical (unpaired) electrons. The molecule has 0 saturated carbocycles. The SMILES string of the molecule is Cc1cccc(C(N)Cc2ccc(Br)cc2F)n1. The first kappa shape index (κ1) is 13.2. The van der Waals surface area contributed by atoms with Gasteiger partial charge < -0.3 is 5.73 Å². The summed E-state index contributed by atoms with van der Waals surface area (Å²) in [4.78, 5) is 4.36. The molecule has 2 rings (SSSR count). The highest BCUT2D eigenvalue weighted by atomic mass is 79.9. The Kier molecular flexibility index (Phi) is 4.09.